The summed E-state index contributed by atoms with van der Waals surface area (Å²) in [5.74, 6) is 0. The Hall–Kier alpha value is -0.890. The summed E-state index contributed by atoms with van der Waals surface area (Å²) in [6.45, 7) is 2.70. The Morgan fingerprint density at radius 3 is 2.78 bits per heavy atom. The minimum Gasteiger partial charge on any atom is -0.380 e. The number of rotatable bonds is 7. The van der Waals surface area contributed by atoms with Gasteiger partial charge in [-0.1, -0.05) is 19.8 Å². The van der Waals surface area contributed by atoms with Crippen LogP contribution < -0.4 is 11.1 Å². The maximum Gasteiger partial charge on any atom is 0.270 e. The van der Waals surface area contributed by atoms with E-state index in [2.05, 4.69) is 34.8 Å². The molecule has 0 aromatic heterocycles. The van der Waals surface area contributed by atoms with Crippen molar-refractivity contribution in [1.29, 1.82) is 0 Å². The predicted octanol–water partition coefficient (Wildman–Crippen LogP) is 3.13. The molecule has 1 aromatic carbocycles. The zero-order chi connectivity index (χ0) is 13.5. The van der Waals surface area contributed by atoms with Gasteiger partial charge in [-0.05, 0) is 35.1 Å². The number of nitrogens with zero attached hydrogens (tertiary/aromatic N) is 1. The molecular weight excluding hydrogens is 345 g/mol. The quantitative estimate of drug-likeness (QED) is 0.443. The second kappa shape index (κ2) is 7.52. The van der Waals surface area contributed by atoms with E-state index in [9.17, 15) is 10.1 Å². The molecule has 3 N–H and O–H groups in total. The molecule has 6 heteroatoms. The van der Waals surface area contributed by atoms with Crippen molar-refractivity contribution in [2.24, 2.45) is 5.73 Å². The highest BCUT2D eigenvalue weighted by Gasteiger charge is 2.12. The third-order valence-electron chi connectivity index (χ3n) is 2.71. The molecule has 0 fully saturated rings. The van der Waals surface area contributed by atoms with Gasteiger partial charge in [-0.15, -0.1) is 0 Å². The fraction of sp³-hybridized carbons (Fsp3) is 0.500. The molecule has 0 amide bonds. The summed E-state index contributed by atoms with van der Waals surface area (Å²) in [4.78, 5) is 10.3. The third kappa shape index (κ3) is 4.41. The van der Waals surface area contributed by atoms with Gasteiger partial charge >= 0.3 is 0 Å². The molecule has 5 nitrogen and oxygen atoms in total. The second-order valence-corrected chi connectivity index (χ2v) is 5.30. The Balaban J connectivity index is 2.74. The van der Waals surface area contributed by atoms with E-state index in [1.807, 2.05) is 0 Å². The molecule has 0 saturated heterocycles. The van der Waals surface area contributed by atoms with Crippen LogP contribution in [0.5, 0.6) is 0 Å². The van der Waals surface area contributed by atoms with Gasteiger partial charge < -0.3 is 11.1 Å². The Labute approximate surface area is 120 Å². The number of anilines is 1. The van der Waals surface area contributed by atoms with Crippen LogP contribution in [0.15, 0.2) is 18.2 Å². The molecule has 1 unspecified atom stereocenters. The van der Waals surface area contributed by atoms with Crippen LogP contribution in [-0.2, 0) is 0 Å². The van der Waals surface area contributed by atoms with Gasteiger partial charge in [0.25, 0.3) is 5.69 Å². The van der Waals surface area contributed by atoms with Gasteiger partial charge in [0, 0.05) is 34.0 Å². The molecular formula is C12H18IN3O2. The number of halogens is 1. The van der Waals surface area contributed by atoms with Gasteiger partial charge in [-0.3, -0.25) is 10.1 Å². The number of hydrogen-bond acceptors (Lipinski definition) is 4. The molecule has 1 rings (SSSR count). The van der Waals surface area contributed by atoms with Gasteiger partial charge in [0.15, 0.2) is 0 Å². The maximum atomic E-state index is 10.6. The van der Waals surface area contributed by atoms with Crippen LogP contribution in [0.2, 0.25) is 0 Å². The minimum absolute atomic E-state index is 0.114. The highest BCUT2D eigenvalue weighted by atomic mass is 127. The number of nitro benzene ring substituents is 1. The molecule has 0 heterocycles. The SMILES string of the molecule is CCCCC(CN)Nc1ccc([N+](=O)[O-])cc1I. The van der Waals surface area contributed by atoms with Crippen molar-refractivity contribution >= 4 is 34.0 Å². The number of non-ortho nitro benzene ring substituents is 1. The lowest BCUT2D eigenvalue weighted by atomic mass is 10.1. The molecule has 0 saturated carbocycles. The molecule has 18 heavy (non-hydrogen) atoms. The zero-order valence-corrected chi connectivity index (χ0v) is 12.5. The summed E-state index contributed by atoms with van der Waals surface area (Å²) in [5.41, 5.74) is 6.74. The first-order valence-electron chi connectivity index (χ1n) is 5.99. The van der Waals surface area contributed by atoms with E-state index < -0.39 is 0 Å². The van der Waals surface area contributed by atoms with Crippen LogP contribution in [0.4, 0.5) is 11.4 Å². The maximum absolute atomic E-state index is 10.6. The van der Waals surface area contributed by atoms with E-state index in [0.717, 1.165) is 28.5 Å². The molecule has 0 aliphatic heterocycles. The van der Waals surface area contributed by atoms with Crippen molar-refractivity contribution in [3.8, 4) is 0 Å². The Bertz CT molecular complexity index is 412. The molecule has 1 atom stereocenters. The van der Waals surface area contributed by atoms with Crippen LogP contribution in [0.3, 0.4) is 0 Å². The number of nitrogens with two attached hydrogens (primary N) is 1. The smallest absolute Gasteiger partial charge is 0.270 e. The molecule has 0 spiro atoms. The highest BCUT2D eigenvalue weighted by Crippen LogP contribution is 2.24. The van der Waals surface area contributed by atoms with E-state index in [-0.39, 0.29) is 16.7 Å². The van der Waals surface area contributed by atoms with Crippen LogP contribution >= 0.6 is 22.6 Å². The number of unbranched alkanes of at least 4 members (excludes halogenated alkanes) is 1. The zero-order valence-electron chi connectivity index (χ0n) is 10.4. The van der Waals surface area contributed by atoms with Crippen molar-refractivity contribution in [3.63, 3.8) is 0 Å². The molecule has 100 valence electrons. The van der Waals surface area contributed by atoms with Crippen LogP contribution in [0, 0.1) is 13.7 Å². The molecule has 0 aliphatic rings. The first-order valence-corrected chi connectivity index (χ1v) is 7.07. The van der Waals surface area contributed by atoms with Crippen LogP contribution in [0.1, 0.15) is 26.2 Å². The predicted molar refractivity (Wildman–Crippen MR) is 81.8 cm³/mol. The largest absolute Gasteiger partial charge is 0.380 e. The standard InChI is InChI=1S/C12H18IN3O2/c1-2-3-4-9(8-14)15-12-6-5-10(16(17)18)7-11(12)13/h5-7,9,15H,2-4,8,14H2,1H3. The number of nitrogens with one attached hydrogen (secondary N) is 1. The summed E-state index contributed by atoms with van der Waals surface area (Å²) >= 11 is 2.10. The van der Waals surface area contributed by atoms with Crippen molar-refractivity contribution < 1.29 is 4.92 Å². The van der Waals surface area contributed by atoms with E-state index in [1.165, 1.54) is 6.07 Å². The molecule has 0 bridgehead atoms. The lowest BCUT2D eigenvalue weighted by Gasteiger charge is -2.18. The molecule has 1 aromatic rings. The van der Waals surface area contributed by atoms with E-state index in [1.54, 1.807) is 12.1 Å². The van der Waals surface area contributed by atoms with Crippen LogP contribution in [0.25, 0.3) is 0 Å². The third-order valence-corrected chi connectivity index (χ3v) is 3.61. The Kier molecular flexibility index (Phi) is 6.34. The van der Waals surface area contributed by atoms with Crippen molar-refractivity contribution in [2.45, 2.75) is 32.2 Å². The Morgan fingerprint density at radius 1 is 1.56 bits per heavy atom. The van der Waals surface area contributed by atoms with E-state index >= 15 is 0 Å². The Morgan fingerprint density at radius 2 is 2.28 bits per heavy atom. The fourth-order valence-electron chi connectivity index (χ4n) is 1.65. The molecule has 0 radical (unpaired) electrons. The summed E-state index contributed by atoms with van der Waals surface area (Å²) in [6, 6.07) is 5.04. The van der Waals surface area contributed by atoms with Crippen molar-refractivity contribution in [3.05, 3.63) is 31.9 Å². The lowest BCUT2D eigenvalue weighted by Crippen LogP contribution is -2.29. The van der Waals surface area contributed by atoms with E-state index in [4.69, 9.17) is 5.73 Å². The topological polar surface area (TPSA) is 81.2 Å². The minimum atomic E-state index is -0.385. The van der Waals surface area contributed by atoms with Gasteiger partial charge in [0.2, 0.25) is 0 Å². The van der Waals surface area contributed by atoms with Gasteiger partial charge in [0.1, 0.15) is 0 Å². The highest BCUT2D eigenvalue weighted by molar-refractivity contribution is 14.1. The summed E-state index contributed by atoms with van der Waals surface area (Å²) < 4.78 is 0.844. The van der Waals surface area contributed by atoms with Crippen LogP contribution in [-0.4, -0.2) is 17.5 Å². The van der Waals surface area contributed by atoms with E-state index in [0.29, 0.717) is 6.54 Å². The summed E-state index contributed by atoms with van der Waals surface area (Å²) in [7, 11) is 0. The lowest BCUT2D eigenvalue weighted by molar-refractivity contribution is -0.384. The summed E-state index contributed by atoms with van der Waals surface area (Å²) in [5, 5.41) is 14.0. The van der Waals surface area contributed by atoms with Gasteiger partial charge in [-0.2, -0.15) is 0 Å². The van der Waals surface area contributed by atoms with Crippen molar-refractivity contribution in [1.82, 2.24) is 0 Å². The monoisotopic (exact) mass is 363 g/mol. The summed E-state index contributed by atoms with van der Waals surface area (Å²) in [6.07, 6.45) is 3.27. The number of hydrogen-bond donors (Lipinski definition) is 2. The average Bonchev–Trinajstić information content (AvgIpc) is 2.35. The normalized spacial score (nSPS) is 12.2. The second-order valence-electron chi connectivity index (χ2n) is 4.14. The number of nitro groups is 1. The molecule has 0 aliphatic carbocycles. The fourth-order valence-corrected chi connectivity index (χ4v) is 2.31. The first kappa shape index (κ1) is 15.2. The first-order chi connectivity index (χ1) is 8.58. The van der Waals surface area contributed by atoms with Gasteiger partial charge in [-0.25, -0.2) is 0 Å². The number of benzene rings is 1. The average molecular weight is 363 g/mol. The van der Waals surface area contributed by atoms with Gasteiger partial charge in [0.05, 0.1) is 4.92 Å². The van der Waals surface area contributed by atoms with Crippen molar-refractivity contribution in [2.75, 3.05) is 11.9 Å².